The Bertz CT molecular complexity index is 287. The Labute approximate surface area is 83.4 Å². The molecule has 0 amide bonds. The van der Waals surface area contributed by atoms with Crippen molar-refractivity contribution in [1.82, 2.24) is 0 Å². The smallest absolute Gasteiger partial charge is 0.313 e. The topological polar surface area (TPSA) is 43.4 Å². The van der Waals surface area contributed by atoms with Crippen LogP contribution >= 0.6 is 0 Å². The summed E-state index contributed by atoms with van der Waals surface area (Å²) in [5, 5.41) is 0. The second kappa shape index (κ2) is 5.37. The third kappa shape index (κ3) is 4.03. The Morgan fingerprint density at radius 2 is 2.29 bits per heavy atom. The van der Waals surface area contributed by atoms with E-state index in [1.54, 1.807) is 0 Å². The molecule has 0 bridgehead atoms. The monoisotopic (exact) mass is 194 g/mol. The summed E-state index contributed by atoms with van der Waals surface area (Å²) in [4.78, 5) is 21.6. The van der Waals surface area contributed by atoms with Gasteiger partial charge in [-0.1, -0.05) is 18.2 Å². The van der Waals surface area contributed by atoms with Gasteiger partial charge in [0.25, 0.3) is 0 Å². The average molecular weight is 194 g/mol. The molecular formula is C11H14O3. The van der Waals surface area contributed by atoms with E-state index < -0.39 is 5.97 Å². The minimum atomic E-state index is -0.437. The van der Waals surface area contributed by atoms with Crippen LogP contribution in [0.2, 0.25) is 0 Å². The number of carbonyl (C=O) groups is 2. The summed E-state index contributed by atoms with van der Waals surface area (Å²) in [6, 6.07) is 0. The molecule has 0 atom stereocenters. The fraction of sp³-hybridized carbons (Fsp3) is 0.455. The third-order valence-electron chi connectivity index (χ3n) is 1.91. The van der Waals surface area contributed by atoms with Crippen molar-refractivity contribution in [2.24, 2.45) is 0 Å². The number of hydrogen-bond donors (Lipinski definition) is 0. The predicted octanol–water partition coefficient (Wildman–Crippen LogP) is 1.79. The molecule has 1 aliphatic rings. The molecule has 3 nitrogen and oxygen atoms in total. The van der Waals surface area contributed by atoms with Gasteiger partial charge < -0.3 is 4.74 Å². The minimum absolute atomic E-state index is 0.122. The van der Waals surface area contributed by atoms with Gasteiger partial charge in [-0.05, 0) is 25.3 Å². The van der Waals surface area contributed by atoms with Crippen molar-refractivity contribution in [3.63, 3.8) is 0 Å². The summed E-state index contributed by atoms with van der Waals surface area (Å²) in [6.07, 6.45) is 7.78. The van der Waals surface area contributed by atoms with Gasteiger partial charge in [0.1, 0.15) is 18.8 Å². The first-order chi connectivity index (χ1) is 6.68. The van der Waals surface area contributed by atoms with Gasteiger partial charge in [-0.2, -0.15) is 0 Å². The van der Waals surface area contributed by atoms with Crippen molar-refractivity contribution in [2.45, 2.75) is 26.2 Å². The van der Waals surface area contributed by atoms with E-state index >= 15 is 0 Å². The first-order valence-electron chi connectivity index (χ1n) is 4.68. The lowest BCUT2D eigenvalue weighted by Crippen LogP contribution is -2.11. The van der Waals surface area contributed by atoms with Gasteiger partial charge >= 0.3 is 5.97 Å². The zero-order valence-electron chi connectivity index (χ0n) is 8.29. The molecular weight excluding hydrogens is 180 g/mol. The molecule has 0 unspecified atom stereocenters. The average Bonchev–Trinajstić information content (AvgIpc) is 2.15. The summed E-state index contributed by atoms with van der Waals surface area (Å²) in [5.41, 5.74) is 1.10. The van der Waals surface area contributed by atoms with E-state index in [0.29, 0.717) is 6.61 Å². The molecule has 0 saturated heterocycles. The molecule has 0 N–H and O–H groups in total. The van der Waals surface area contributed by atoms with E-state index in [9.17, 15) is 9.59 Å². The summed E-state index contributed by atoms with van der Waals surface area (Å²) in [5.74, 6) is -0.597. The maximum atomic E-state index is 11.0. The van der Waals surface area contributed by atoms with Crippen molar-refractivity contribution in [3.8, 4) is 0 Å². The summed E-state index contributed by atoms with van der Waals surface area (Å²) in [6.45, 7) is 1.69. The van der Waals surface area contributed by atoms with Crippen LogP contribution in [0.15, 0.2) is 23.8 Å². The molecule has 76 valence electrons. The van der Waals surface area contributed by atoms with E-state index in [4.69, 9.17) is 4.74 Å². The predicted molar refractivity (Wildman–Crippen MR) is 52.7 cm³/mol. The second-order valence-corrected chi connectivity index (χ2v) is 3.33. The molecule has 14 heavy (non-hydrogen) atoms. The molecule has 0 saturated carbocycles. The van der Waals surface area contributed by atoms with Crippen LogP contribution in [-0.4, -0.2) is 18.4 Å². The van der Waals surface area contributed by atoms with E-state index in [-0.39, 0.29) is 12.2 Å². The fourth-order valence-electron chi connectivity index (χ4n) is 1.20. The summed E-state index contributed by atoms with van der Waals surface area (Å²) >= 11 is 0. The maximum absolute atomic E-state index is 11.0. The van der Waals surface area contributed by atoms with Crippen molar-refractivity contribution in [2.75, 3.05) is 6.61 Å². The first-order valence-corrected chi connectivity index (χ1v) is 4.68. The van der Waals surface area contributed by atoms with Crippen LogP contribution in [0.5, 0.6) is 0 Å². The number of Topliss-reactive ketones (excluding diaryl/α,β-unsaturated/α-hetero) is 1. The minimum Gasteiger partial charge on any atom is -0.461 e. The van der Waals surface area contributed by atoms with E-state index in [2.05, 4.69) is 6.08 Å². The molecule has 0 aromatic heterocycles. The van der Waals surface area contributed by atoms with Crippen LogP contribution in [0.1, 0.15) is 26.2 Å². The Kier molecular flexibility index (Phi) is 4.11. The Morgan fingerprint density at radius 3 is 2.86 bits per heavy atom. The number of esters is 1. The van der Waals surface area contributed by atoms with Gasteiger partial charge in [0.15, 0.2) is 0 Å². The van der Waals surface area contributed by atoms with Gasteiger partial charge in [-0.3, -0.25) is 9.59 Å². The van der Waals surface area contributed by atoms with Crippen molar-refractivity contribution in [1.29, 1.82) is 0 Å². The summed E-state index contributed by atoms with van der Waals surface area (Å²) in [7, 11) is 0. The molecule has 0 aromatic carbocycles. The van der Waals surface area contributed by atoms with Gasteiger partial charge in [-0.15, -0.1) is 0 Å². The molecule has 0 aromatic rings. The number of ether oxygens (including phenoxy) is 1. The number of hydrogen-bond acceptors (Lipinski definition) is 3. The van der Waals surface area contributed by atoms with Gasteiger partial charge in [-0.25, -0.2) is 0 Å². The SMILES string of the molecule is CC(=O)CC(=O)OCC1=CC=CCC1. The molecule has 0 heterocycles. The van der Waals surface area contributed by atoms with Crippen LogP contribution in [0.25, 0.3) is 0 Å². The lowest BCUT2D eigenvalue weighted by molar-refractivity contribution is -0.144. The molecule has 1 aliphatic carbocycles. The zero-order valence-corrected chi connectivity index (χ0v) is 8.29. The van der Waals surface area contributed by atoms with E-state index in [0.717, 1.165) is 18.4 Å². The quantitative estimate of drug-likeness (QED) is 0.506. The highest BCUT2D eigenvalue weighted by molar-refractivity contribution is 5.94. The molecule has 0 spiro atoms. The van der Waals surface area contributed by atoms with Crippen molar-refractivity contribution < 1.29 is 14.3 Å². The number of allylic oxidation sites excluding steroid dienone is 3. The molecule has 0 aliphatic heterocycles. The highest BCUT2D eigenvalue weighted by Crippen LogP contribution is 2.11. The highest BCUT2D eigenvalue weighted by atomic mass is 16.5. The van der Waals surface area contributed by atoms with Crippen molar-refractivity contribution in [3.05, 3.63) is 23.8 Å². The number of carbonyl (C=O) groups excluding carboxylic acids is 2. The summed E-state index contributed by atoms with van der Waals surface area (Å²) < 4.78 is 4.93. The van der Waals surface area contributed by atoms with E-state index in [1.165, 1.54) is 6.92 Å². The third-order valence-corrected chi connectivity index (χ3v) is 1.91. The Balaban J connectivity index is 2.26. The van der Waals surface area contributed by atoms with Gasteiger partial charge in [0.2, 0.25) is 0 Å². The molecule has 0 radical (unpaired) electrons. The van der Waals surface area contributed by atoms with Gasteiger partial charge in [0.05, 0.1) is 0 Å². The standard InChI is InChI=1S/C11H14O3/c1-9(12)7-11(13)14-8-10-5-3-2-4-6-10/h2-3,5H,4,6-8H2,1H3. The lowest BCUT2D eigenvalue weighted by atomic mass is 10.1. The van der Waals surface area contributed by atoms with Gasteiger partial charge in [0, 0.05) is 0 Å². The Hall–Kier alpha value is -1.38. The number of rotatable bonds is 4. The first kappa shape index (κ1) is 10.7. The zero-order chi connectivity index (χ0) is 10.4. The van der Waals surface area contributed by atoms with Crippen LogP contribution < -0.4 is 0 Å². The van der Waals surface area contributed by atoms with Crippen LogP contribution in [-0.2, 0) is 14.3 Å². The Morgan fingerprint density at radius 1 is 1.50 bits per heavy atom. The highest BCUT2D eigenvalue weighted by Gasteiger charge is 2.07. The molecule has 1 rings (SSSR count). The number of ketones is 1. The maximum Gasteiger partial charge on any atom is 0.313 e. The lowest BCUT2D eigenvalue weighted by Gasteiger charge is -2.09. The molecule has 0 fully saturated rings. The fourth-order valence-corrected chi connectivity index (χ4v) is 1.20. The normalized spacial score (nSPS) is 14.8. The van der Waals surface area contributed by atoms with Crippen LogP contribution in [0.3, 0.4) is 0 Å². The largest absolute Gasteiger partial charge is 0.461 e. The molecule has 3 heteroatoms. The second-order valence-electron chi connectivity index (χ2n) is 3.33. The van der Waals surface area contributed by atoms with Crippen LogP contribution in [0.4, 0.5) is 0 Å². The van der Waals surface area contributed by atoms with Crippen LogP contribution in [0, 0.1) is 0 Å². The van der Waals surface area contributed by atoms with E-state index in [1.807, 2.05) is 12.2 Å². The van der Waals surface area contributed by atoms with Crippen molar-refractivity contribution >= 4 is 11.8 Å².